The fraction of sp³-hybridized carbons (Fsp3) is 1.00. The first-order chi connectivity index (χ1) is 8.24. The highest BCUT2D eigenvalue weighted by molar-refractivity contribution is 4.78. The first-order valence-electron chi connectivity index (χ1n) is 7.34. The summed E-state index contributed by atoms with van der Waals surface area (Å²) in [5.74, 6) is 0.899. The van der Waals surface area contributed by atoms with Crippen LogP contribution in [-0.4, -0.2) is 62.7 Å². The van der Waals surface area contributed by atoms with Gasteiger partial charge in [-0.1, -0.05) is 12.8 Å². The molecule has 100 valence electrons. The van der Waals surface area contributed by atoms with E-state index in [1.54, 1.807) is 0 Å². The fourth-order valence-corrected chi connectivity index (χ4v) is 3.32. The number of hydrogen-bond acceptors (Lipinski definition) is 3. The molecule has 0 aromatic heterocycles. The van der Waals surface area contributed by atoms with E-state index in [0.29, 0.717) is 0 Å². The Balaban J connectivity index is 1.67. The summed E-state index contributed by atoms with van der Waals surface area (Å²) < 4.78 is 0. The lowest BCUT2D eigenvalue weighted by Gasteiger charge is -2.26. The molecule has 0 saturated carbocycles. The smallest absolute Gasteiger partial charge is 0.0194 e. The third-order valence-corrected chi connectivity index (χ3v) is 4.25. The largest absolute Gasteiger partial charge is 0.313 e. The summed E-state index contributed by atoms with van der Waals surface area (Å²) in [6, 6.07) is 0.738. The van der Waals surface area contributed by atoms with Gasteiger partial charge in [-0.05, 0) is 52.4 Å². The Morgan fingerprint density at radius 3 is 2.82 bits per heavy atom. The molecule has 2 saturated heterocycles. The zero-order valence-electron chi connectivity index (χ0n) is 11.6. The van der Waals surface area contributed by atoms with Gasteiger partial charge in [0.25, 0.3) is 0 Å². The fourth-order valence-electron chi connectivity index (χ4n) is 3.32. The van der Waals surface area contributed by atoms with E-state index in [0.717, 1.165) is 12.0 Å². The Bertz CT molecular complexity index is 212. The third kappa shape index (κ3) is 4.57. The second-order valence-corrected chi connectivity index (χ2v) is 6.14. The minimum atomic E-state index is 0.738. The predicted octanol–water partition coefficient (Wildman–Crippen LogP) is 1.40. The average molecular weight is 239 g/mol. The van der Waals surface area contributed by atoms with Crippen LogP contribution in [0.4, 0.5) is 0 Å². The van der Waals surface area contributed by atoms with Crippen molar-refractivity contribution in [3.05, 3.63) is 0 Å². The van der Waals surface area contributed by atoms with Crippen molar-refractivity contribution in [3.8, 4) is 0 Å². The molecule has 2 fully saturated rings. The van der Waals surface area contributed by atoms with Crippen molar-refractivity contribution in [2.45, 2.75) is 38.1 Å². The number of hydrogen-bond donors (Lipinski definition) is 1. The molecule has 0 bridgehead atoms. The van der Waals surface area contributed by atoms with Crippen molar-refractivity contribution in [1.82, 2.24) is 15.1 Å². The Hall–Kier alpha value is -0.120. The molecule has 2 aliphatic rings. The van der Waals surface area contributed by atoms with Crippen LogP contribution in [0.2, 0.25) is 0 Å². The van der Waals surface area contributed by atoms with E-state index >= 15 is 0 Å². The molecule has 3 heteroatoms. The Morgan fingerprint density at radius 1 is 1.18 bits per heavy atom. The van der Waals surface area contributed by atoms with Gasteiger partial charge in [0.1, 0.15) is 0 Å². The lowest BCUT2D eigenvalue weighted by Crippen LogP contribution is -2.40. The van der Waals surface area contributed by atoms with Crippen LogP contribution < -0.4 is 5.32 Å². The minimum absolute atomic E-state index is 0.738. The van der Waals surface area contributed by atoms with E-state index in [1.165, 1.54) is 64.8 Å². The van der Waals surface area contributed by atoms with E-state index in [-0.39, 0.29) is 0 Å². The summed E-state index contributed by atoms with van der Waals surface area (Å²) in [5.41, 5.74) is 0. The van der Waals surface area contributed by atoms with E-state index in [9.17, 15) is 0 Å². The van der Waals surface area contributed by atoms with Gasteiger partial charge in [0.05, 0.1) is 0 Å². The molecule has 2 rings (SSSR count). The van der Waals surface area contributed by atoms with Crippen molar-refractivity contribution in [2.24, 2.45) is 5.92 Å². The standard InChI is InChI=1S/C14H29N3/c1-16-9-7-13(10-16)11-17(2)12-14-6-4-3-5-8-15-14/h13-15H,3-12H2,1-2H3. The Morgan fingerprint density at radius 2 is 2.06 bits per heavy atom. The van der Waals surface area contributed by atoms with Crippen LogP contribution in [-0.2, 0) is 0 Å². The lowest BCUT2D eigenvalue weighted by atomic mass is 10.1. The van der Waals surface area contributed by atoms with Gasteiger partial charge in [-0.25, -0.2) is 0 Å². The normalized spacial score (nSPS) is 31.9. The van der Waals surface area contributed by atoms with Crippen molar-refractivity contribution in [3.63, 3.8) is 0 Å². The van der Waals surface area contributed by atoms with Gasteiger partial charge in [0, 0.05) is 25.7 Å². The van der Waals surface area contributed by atoms with E-state index in [4.69, 9.17) is 0 Å². The van der Waals surface area contributed by atoms with Gasteiger partial charge in [-0.15, -0.1) is 0 Å². The number of likely N-dealkylation sites (N-methyl/N-ethyl adjacent to an activating group) is 1. The maximum Gasteiger partial charge on any atom is 0.0194 e. The number of rotatable bonds is 4. The lowest BCUT2D eigenvalue weighted by molar-refractivity contribution is 0.244. The Labute approximate surface area is 107 Å². The predicted molar refractivity (Wildman–Crippen MR) is 73.4 cm³/mol. The van der Waals surface area contributed by atoms with Gasteiger partial charge in [-0.3, -0.25) is 0 Å². The van der Waals surface area contributed by atoms with E-state index < -0.39 is 0 Å². The van der Waals surface area contributed by atoms with Crippen LogP contribution in [0.15, 0.2) is 0 Å². The van der Waals surface area contributed by atoms with Crippen LogP contribution in [0.5, 0.6) is 0 Å². The highest BCUT2D eigenvalue weighted by Gasteiger charge is 2.22. The average Bonchev–Trinajstić information content (AvgIpc) is 2.53. The quantitative estimate of drug-likeness (QED) is 0.800. The SMILES string of the molecule is CN1CCC(CN(C)CC2CCCCCN2)C1. The topological polar surface area (TPSA) is 18.5 Å². The van der Waals surface area contributed by atoms with Crippen LogP contribution in [0.1, 0.15) is 32.1 Å². The third-order valence-electron chi connectivity index (χ3n) is 4.25. The number of nitrogens with zero attached hydrogens (tertiary/aromatic N) is 2. The highest BCUT2D eigenvalue weighted by Crippen LogP contribution is 2.16. The summed E-state index contributed by atoms with van der Waals surface area (Å²) >= 11 is 0. The maximum absolute atomic E-state index is 3.69. The zero-order chi connectivity index (χ0) is 12.1. The van der Waals surface area contributed by atoms with Gasteiger partial charge in [-0.2, -0.15) is 0 Å². The molecule has 0 radical (unpaired) electrons. The Kier molecular flexibility index (Phi) is 5.26. The molecule has 0 spiro atoms. The van der Waals surface area contributed by atoms with Crippen LogP contribution in [0, 0.1) is 5.92 Å². The van der Waals surface area contributed by atoms with E-state index in [1.807, 2.05) is 0 Å². The molecular formula is C14H29N3. The van der Waals surface area contributed by atoms with E-state index in [2.05, 4.69) is 29.2 Å². The number of nitrogens with one attached hydrogen (secondary N) is 1. The summed E-state index contributed by atoms with van der Waals surface area (Å²) in [6.45, 7) is 6.33. The first-order valence-corrected chi connectivity index (χ1v) is 7.34. The van der Waals surface area contributed by atoms with Crippen LogP contribution in [0.25, 0.3) is 0 Å². The highest BCUT2D eigenvalue weighted by atomic mass is 15.2. The molecule has 2 heterocycles. The summed E-state index contributed by atoms with van der Waals surface area (Å²) in [6.07, 6.45) is 6.96. The zero-order valence-corrected chi connectivity index (χ0v) is 11.6. The second kappa shape index (κ2) is 6.72. The molecule has 0 aromatic carbocycles. The monoisotopic (exact) mass is 239 g/mol. The molecule has 0 aliphatic carbocycles. The van der Waals surface area contributed by atoms with Crippen LogP contribution in [0.3, 0.4) is 0 Å². The molecule has 2 unspecified atom stereocenters. The summed E-state index contributed by atoms with van der Waals surface area (Å²) in [7, 11) is 4.54. The molecular weight excluding hydrogens is 210 g/mol. The molecule has 1 N–H and O–H groups in total. The van der Waals surface area contributed by atoms with Gasteiger partial charge in [0.15, 0.2) is 0 Å². The van der Waals surface area contributed by atoms with Crippen molar-refractivity contribution < 1.29 is 0 Å². The summed E-state index contributed by atoms with van der Waals surface area (Å²) in [5, 5.41) is 3.69. The molecule has 2 atom stereocenters. The molecule has 3 nitrogen and oxygen atoms in total. The number of likely N-dealkylation sites (tertiary alicyclic amines) is 1. The first kappa shape index (κ1) is 13.3. The van der Waals surface area contributed by atoms with Gasteiger partial charge >= 0.3 is 0 Å². The van der Waals surface area contributed by atoms with Crippen LogP contribution >= 0.6 is 0 Å². The van der Waals surface area contributed by atoms with Gasteiger partial charge < -0.3 is 15.1 Å². The maximum atomic E-state index is 3.69. The minimum Gasteiger partial charge on any atom is -0.313 e. The van der Waals surface area contributed by atoms with Crippen molar-refractivity contribution in [1.29, 1.82) is 0 Å². The second-order valence-electron chi connectivity index (χ2n) is 6.14. The van der Waals surface area contributed by atoms with Gasteiger partial charge in [0.2, 0.25) is 0 Å². The summed E-state index contributed by atoms with van der Waals surface area (Å²) in [4.78, 5) is 5.01. The molecule has 0 aromatic rings. The molecule has 0 amide bonds. The van der Waals surface area contributed by atoms with Crippen molar-refractivity contribution in [2.75, 3.05) is 46.8 Å². The van der Waals surface area contributed by atoms with Crippen molar-refractivity contribution >= 4 is 0 Å². The molecule has 17 heavy (non-hydrogen) atoms. The molecule has 2 aliphatic heterocycles.